The molecule has 1 aliphatic heterocycles. The van der Waals surface area contributed by atoms with Gasteiger partial charge in [0.1, 0.15) is 19.3 Å². The van der Waals surface area contributed by atoms with Gasteiger partial charge in [0.2, 0.25) is 0 Å². The van der Waals surface area contributed by atoms with Gasteiger partial charge in [0.15, 0.2) is 0 Å². The molecule has 0 radical (unpaired) electrons. The average molecular weight is 631 g/mol. The Bertz CT molecular complexity index is 1270. The number of carbonyl (C=O) groups excluding carboxylic acids is 3. The molecule has 0 amide bonds. The van der Waals surface area contributed by atoms with Gasteiger partial charge in [-0.3, -0.25) is 0 Å². The number of aliphatic carboxylic acids is 2. The Morgan fingerprint density at radius 2 is 1.40 bits per heavy atom. The van der Waals surface area contributed by atoms with E-state index in [1.165, 1.54) is 14.0 Å². The number of ether oxygens (including phenoxy) is 4. The maximum Gasteiger partial charge on any atom is 0.337 e. The minimum absolute atomic E-state index is 0.00375. The van der Waals surface area contributed by atoms with Crippen molar-refractivity contribution in [2.75, 3.05) is 33.5 Å². The summed E-state index contributed by atoms with van der Waals surface area (Å²) in [6.07, 6.45) is 6.44. The molecule has 12 nitrogen and oxygen atoms in total. The van der Waals surface area contributed by atoms with E-state index in [1.54, 1.807) is 32.9 Å². The molecule has 45 heavy (non-hydrogen) atoms. The molecule has 1 aliphatic rings. The fraction of sp³-hybridized carbons (Fsp3) is 0.303. The van der Waals surface area contributed by atoms with Crippen molar-refractivity contribution in [1.82, 2.24) is 0 Å². The van der Waals surface area contributed by atoms with Crippen LogP contribution in [-0.4, -0.2) is 84.8 Å². The van der Waals surface area contributed by atoms with Gasteiger partial charge in [-0.15, -0.1) is 0 Å². The van der Waals surface area contributed by atoms with Crippen LogP contribution in [-0.2, 0) is 42.9 Å². The second kappa shape index (κ2) is 24.4. The summed E-state index contributed by atoms with van der Waals surface area (Å²) in [5, 5.41) is 25.4. The Hall–Kier alpha value is -5.07. The van der Waals surface area contributed by atoms with Crippen LogP contribution in [0.3, 0.4) is 0 Å². The van der Waals surface area contributed by atoms with Crippen molar-refractivity contribution in [2.24, 2.45) is 0 Å². The second-order valence-electron chi connectivity index (χ2n) is 9.05. The minimum atomic E-state index is -1.12. The van der Waals surface area contributed by atoms with E-state index >= 15 is 0 Å². The highest BCUT2D eigenvalue weighted by Gasteiger charge is 2.24. The molecular weight excluding hydrogens is 588 g/mol. The summed E-state index contributed by atoms with van der Waals surface area (Å²) in [5.41, 5.74) is 2.19. The third-order valence-corrected chi connectivity index (χ3v) is 4.77. The number of carboxylic acid groups (broad SMARTS) is 2. The van der Waals surface area contributed by atoms with Crippen LogP contribution in [0.4, 0.5) is 0 Å². The highest BCUT2D eigenvalue weighted by molar-refractivity contribution is 5.95. The van der Waals surface area contributed by atoms with Gasteiger partial charge in [0.25, 0.3) is 0 Å². The van der Waals surface area contributed by atoms with E-state index in [0.29, 0.717) is 29.9 Å². The molecule has 3 N–H and O–H groups in total. The molecule has 1 fully saturated rings. The number of hydrogen-bond acceptors (Lipinski definition) is 10. The average Bonchev–Trinajstić information content (AvgIpc) is 3.84. The smallest absolute Gasteiger partial charge is 0.337 e. The van der Waals surface area contributed by atoms with Crippen LogP contribution in [0, 0.1) is 0 Å². The van der Waals surface area contributed by atoms with Gasteiger partial charge >= 0.3 is 29.8 Å². The predicted molar refractivity (Wildman–Crippen MR) is 168 cm³/mol. The summed E-state index contributed by atoms with van der Waals surface area (Å²) in [4.78, 5) is 52.7. The number of esters is 3. The summed E-state index contributed by atoms with van der Waals surface area (Å²) in [5.74, 6) is -3.43. The lowest BCUT2D eigenvalue weighted by Crippen LogP contribution is -2.10. The molecule has 246 valence electrons. The fourth-order valence-electron chi connectivity index (χ4n) is 2.18. The zero-order chi connectivity index (χ0) is 34.9. The van der Waals surface area contributed by atoms with Crippen molar-refractivity contribution in [3.05, 3.63) is 102 Å². The van der Waals surface area contributed by atoms with Gasteiger partial charge in [-0.1, -0.05) is 68.3 Å². The monoisotopic (exact) mass is 630 g/mol. The summed E-state index contributed by atoms with van der Waals surface area (Å²) < 4.78 is 18.4. The van der Waals surface area contributed by atoms with Gasteiger partial charge in [-0.05, 0) is 39.3 Å². The van der Waals surface area contributed by atoms with Crippen LogP contribution < -0.4 is 0 Å². The van der Waals surface area contributed by atoms with E-state index in [9.17, 15) is 24.0 Å². The molecule has 12 heteroatoms. The lowest BCUT2D eigenvalue weighted by atomic mass is 10.2. The highest BCUT2D eigenvalue weighted by Crippen LogP contribution is 2.09. The van der Waals surface area contributed by atoms with Crippen LogP contribution in [0.25, 0.3) is 6.08 Å². The van der Waals surface area contributed by atoms with E-state index < -0.39 is 17.9 Å². The van der Waals surface area contributed by atoms with Crippen molar-refractivity contribution < 1.29 is 58.2 Å². The summed E-state index contributed by atoms with van der Waals surface area (Å²) >= 11 is 0. The van der Waals surface area contributed by atoms with Crippen molar-refractivity contribution in [3.63, 3.8) is 0 Å². The summed E-state index contributed by atoms with van der Waals surface area (Å²) in [6, 6.07) is 9.73. The maximum absolute atomic E-state index is 11.0. The van der Waals surface area contributed by atoms with Gasteiger partial charge in [-0.25, -0.2) is 24.0 Å². The Kier molecular flexibility index (Phi) is 22.8. The number of rotatable bonds is 12. The number of hydrogen-bond donors (Lipinski definition) is 3. The van der Waals surface area contributed by atoms with Crippen molar-refractivity contribution in [1.29, 1.82) is 0 Å². The molecule has 0 saturated carbocycles. The van der Waals surface area contributed by atoms with Crippen LogP contribution in [0.1, 0.15) is 33.3 Å². The van der Waals surface area contributed by atoms with Crippen LogP contribution in [0.5, 0.6) is 0 Å². The molecule has 1 unspecified atom stereocenters. The zero-order valence-corrected chi connectivity index (χ0v) is 26.2. The van der Waals surface area contributed by atoms with E-state index in [4.69, 9.17) is 24.8 Å². The maximum atomic E-state index is 11.0. The Labute approximate surface area is 263 Å². The molecular formula is C33H42O12. The summed E-state index contributed by atoms with van der Waals surface area (Å²) in [7, 11) is 1.33. The van der Waals surface area contributed by atoms with Crippen molar-refractivity contribution in [2.45, 2.75) is 33.8 Å². The van der Waals surface area contributed by atoms with Crippen molar-refractivity contribution >= 4 is 35.9 Å². The molecule has 1 atom stereocenters. The highest BCUT2D eigenvalue weighted by atomic mass is 16.6. The topological polar surface area (TPSA) is 186 Å². The quantitative estimate of drug-likeness (QED) is 0.0989. The van der Waals surface area contributed by atoms with Crippen LogP contribution in [0.15, 0.2) is 96.2 Å². The first kappa shape index (κ1) is 42.1. The largest absolute Gasteiger partial charge is 0.478 e. The fourth-order valence-corrected chi connectivity index (χ4v) is 2.18. The molecule has 2 rings (SSSR count). The van der Waals surface area contributed by atoms with Crippen molar-refractivity contribution in [3.8, 4) is 0 Å². The number of allylic oxidation sites excluding steroid dienone is 2. The lowest BCUT2D eigenvalue weighted by molar-refractivity contribution is -0.140. The molecule has 1 aromatic carbocycles. The predicted octanol–water partition coefficient (Wildman–Crippen LogP) is 4.08. The normalized spacial score (nSPS) is 13.2. The number of carboxylic acids is 2. The van der Waals surface area contributed by atoms with E-state index in [2.05, 4.69) is 29.2 Å². The van der Waals surface area contributed by atoms with Crippen LogP contribution >= 0.6 is 0 Å². The molecule has 1 saturated heterocycles. The number of methoxy groups -OCH3 is 1. The third kappa shape index (κ3) is 24.1. The van der Waals surface area contributed by atoms with Gasteiger partial charge in [0, 0.05) is 22.3 Å². The van der Waals surface area contributed by atoms with E-state index in [-0.39, 0.29) is 42.4 Å². The molecule has 0 bridgehead atoms. The van der Waals surface area contributed by atoms with Gasteiger partial charge in [0.05, 0.1) is 25.9 Å². The van der Waals surface area contributed by atoms with E-state index in [0.717, 1.165) is 11.6 Å². The number of benzene rings is 1. The molecule has 0 spiro atoms. The Balaban J connectivity index is 0. The Morgan fingerprint density at radius 1 is 0.867 bits per heavy atom. The minimum Gasteiger partial charge on any atom is -0.478 e. The third-order valence-electron chi connectivity index (χ3n) is 4.77. The molecule has 1 heterocycles. The second-order valence-corrected chi connectivity index (χ2v) is 9.05. The first-order chi connectivity index (χ1) is 21.1. The van der Waals surface area contributed by atoms with Gasteiger partial charge < -0.3 is 34.3 Å². The molecule has 0 aromatic heterocycles. The standard InChI is InChI=1S/C12H12O2.C9H12O5.C7H10O3.C5H8O2/c1-10(12(13)14)6-5-9-11-7-3-2-4-8-11;1-6(8(11)12)5-7(2)9(13)14-4-3-10;1-5(2)7(8)10-4-6-3-9-6;1-4(2)5(6)7-3/h2-9H,1H3,(H,13,14);5,10H,2-4H2,1H3,(H,11,12);6H,1,3-4H2,2H3;1H2,2-3H3. The van der Waals surface area contributed by atoms with Crippen LogP contribution in [0.2, 0.25) is 0 Å². The summed E-state index contributed by atoms with van der Waals surface area (Å²) in [6.45, 7) is 16.9. The first-order valence-electron chi connectivity index (χ1n) is 13.3. The zero-order valence-electron chi connectivity index (χ0n) is 26.2. The number of epoxide rings is 1. The lowest BCUT2D eigenvalue weighted by Gasteiger charge is -2.02. The van der Waals surface area contributed by atoms with Gasteiger partial charge in [-0.2, -0.15) is 0 Å². The Morgan fingerprint density at radius 3 is 1.80 bits per heavy atom. The number of aliphatic hydroxyl groups is 1. The SMILES string of the molecule is C=C(C)C(=O)OC.C=C(C)C(=O)OCC1CO1.C=C(C=C(C)C(=O)O)C(=O)OCCO.CC(=CC=Cc1ccccc1)C(=O)O. The number of aliphatic hydroxyl groups excluding tert-OH is 1. The molecule has 1 aromatic rings. The first-order valence-corrected chi connectivity index (χ1v) is 13.3. The van der Waals surface area contributed by atoms with E-state index in [1.807, 2.05) is 36.4 Å². The molecule has 0 aliphatic carbocycles. The number of carbonyl (C=O) groups is 5.